The van der Waals surface area contributed by atoms with Gasteiger partial charge in [-0.3, -0.25) is 4.68 Å². The zero-order valence-corrected chi connectivity index (χ0v) is 11.7. The summed E-state index contributed by atoms with van der Waals surface area (Å²) >= 11 is 5.80. The Balaban J connectivity index is 2.11. The molecule has 3 aromatic rings. The van der Waals surface area contributed by atoms with E-state index in [1.54, 1.807) is 17.1 Å². The molecule has 104 valence electrons. The molecule has 0 aliphatic heterocycles. The van der Waals surface area contributed by atoms with Crippen molar-refractivity contribution in [1.29, 1.82) is 0 Å². The van der Waals surface area contributed by atoms with Crippen LogP contribution in [0.5, 0.6) is 0 Å². The lowest BCUT2D eigenvalue weighted by Gasteiger charge is -2.05. The molecule has 2 aromatic heterocycles. The minimum Gasteiger partial charge on any atom is -0.320 e. The first-order valence-corrected chi connectivity index (χ1v) is 6.76. The van der Waals surface area contributed by atoms with E-state index in [1.807, 2.05) is 17.7 Å². The molecule has 0 aliphatic rings. The Labute approximate surface area is 120 Å². The van der Waals surface area contributed by atoms with Gasteiger partial charge in [-0.2, -0.15) is 5.10 Å². The van der Waals surface area contributed by atoms with E-state index in [-0.39, 0.29) is 5.82 Å². The molecule has 1 aromatic carbocycles. The Kier molecular flexibility index (Phi) is 3.40. The van der Waals surface area contributed by atoms with Crippen molar-refractivity contribution < 1.29 is 4.39 Å². The third-order valence-electron chi connectivity index (χ3n) is 3.07. The van der Waals surface area contributed by atoms with Crippen LogP contribution >= 0.6 is 11.6 Å². The van der Waals surface area contributed by atoms with Crippen LogP contribution in [0.1, 0.15) is 11.6 Å². The maximum Gasteiger partial charge on any atom is 0.170 e. The van der Waals surface area contributed by atoms with Gasteiger partial charge in [0.25, 0.3) is 0 Å². The van der Waals surface area contributed by atoms with E-state index in [9.17, 15) is 4.39 Å². The molecule has 0 saturated carbocycles. The number of para-hydroxylation sites is 1. The number of aryl methyl sites for hydroxylation is 2. The summed E-state index contributed by atoms with van der Waals surface area (Å²) in [5.74, 6) is 1.51. The summed E-state index contributed by atoms with van der Waals surface area (Å²) in [4.78, 5) is 8.54. The van der Waals surface area contributed by atoms with Crippen LogP contribution in [0, 0.1) is 5.82 Å². The SMILES string of the molecule is Cn1cnc(Cn2c(CCCl)nc3c(F)cccc32)n1. The lowest BCUT2D eigenvalue weighted by atomic mass is 10.3. The Morgan fingerprint density at radius 1 is 1.35 bits per heavy atom. The van der Waals surface area contributed by atoms with Crippen molar-refractivity contribution in [2.75, 3.05) is 5.88 Å². The molecule has 2 heterocycles. The average Bonchev–Trinajstić information content (AvgIpc) is 2.97. The van der Waals surface area contributed by atoms with Crippen LogP contribution in [0.15, 0.2) is 24.5 Å². The molecule has 7 heteroatoms. The lowest BCUT2D eigenvalue weighted by Crippen LogP contribution is -2.07. The smallest absolute Gasteiger partial charge is 0.170 e. The van der Waals surface area contributed by atoms with Crippen molar-refractivity contribution in [3.63, 3.8) is 0 Å². The first kappa shape index (κ1) is 13.1. The molecular weight excluding hydrogens is 281 g/mol. The molecule has 0 spiro atoms. The van der Waals surface area contributed by atoms with Crippen LogP contribution in [-0.4, -0.2) is 30.2 Å². The van der Waals surface area contributed by atoms with Crippen molar-refractivity contribution in [3.05, 3.63) is 42.0 Å². The van der Waals surface area contributed by atoms with Crippen LogP contribution in [0.3, 0.4) is 0 Å². The molecule has 0 radical (unpaired) electrons. The third kappa shape index (κ3) is 2.27. The average molecular weight is 294 g/mol. The van der Waals surface area contributed by atoms with E-state index < -0.39 is 0 Å². The number of halogens is 2. The van der Waals surface area contributed by atoms with Gasteiger partial charge in [-0.1, -0.05) is 6.07 Å². The Morgan fingerprint density at radius 2 is 2.20 bits per heavy atom. The van der Waals surface area contributed by atoms with Crippen molar-refractivity contribution in [2.45, 2.75) is 13.0 Å². The molecule has 0 fully saturated rings. The Hall–Kier alpha value is -1.95. The quantitative estimate of drug-likeness (QED) is 0.693. The largest absolute Gasteiger partial charge is 0.320 e. The summed E-state index contributed by atoms with van der Waals surface area (Å²) in [7, 11) is 1.81. The number of alkyl halides is 1. The first-order valence-electron chi connectivity index (χ1n) is 6.23. The lowest BCUT2D eigenvalue weighted by molar-refractivity contribution is 0.637. The van der Waals surface area contributed by atoms with Crippen molar-refractivity contribution in [3.8, 4) is 0 Å². The van der Waals surface area contributed by atoms with Gasteiger partial charge in [0.15, 0.2) is 11.6 Å². The second-order valence-electron chi connectivity index (χ2n) is 4.50. The van der Waals surface area contributed by atoms with Crippen molar-refractivity contribution >= 4 is 22.6 Å². The second-order valence-corrected chi connectivity index (χ2v) is 4.87. The fraction of sp³-hybridized carbons (Fsp3) is 0.308. The summed E-state index contributed by atoms with van der Waals surface area (Å²) < 4.78 is 17.4. The molecule has 0 unspecified atom stereocenters. The highest BCUT2D eigenvalue weighted by atomic mass is 35.5. The van der Waals surface area contributed by atoms with E-state index in [4.69, 9.17) is 11.6 Å². The van der Waals surface area contributed by atoms with Gasteiger partial charge in [-0.15, -0.1) is 11.6 Å². The first-order chi connectivity index (χ1) is 9.69. The summed E-state index contributed by atoms with van der Waals surface area (Å²) in [6.07, 6.45) is 2.21. The number of fused-ring (bicyclic) bond motifs is 1. The van der Waals surface area contributed by atoms with Gasteiger partial charge in [0.05, 0.1) is 12.1 Å². The van der Waals surface area contributed by atoms with E-state index in [2.05, 4.69) is 15.1 Å². The highest BCUT2D eigenvalue weighted by molar-refractivity contribution is 6.17. The minimum atomic E-state index is -0.328. The predicted octanol–water partition coefficient (Wildman–Crippen LogP) is 2.13. The summed E-state index contributed by atoms with van der Waals surface area (Å²) in [6, 6.07) is 4.92. The number of hydrogen-bond acceptors (Lipinski definition) is 3. The number of rotatable bonds is 4. The topological polar surface area (TPSA) is 48.5 Å². The van der Waals surface area contributed by atoms with Crippen LogP contribution in [0.25, 0.3) is 11.0 Å². The van der Waals surface area contributed by atoms with Crippen LogP contribution in [0.4, 0.5) is 4.39 Å². The number of aromatic nitrogens is 5. The van der Waals surface area contributed by atoms with E-state index in [0.29, 0.717) is 30.2 Å². The molecule has 20 heavy (non-hydrogen) atoms. The molecule has 0 N–H and O–H groups in total. The monoisotopic (exact) mass is 293 g/mol. The molecule has 5 nitrogen and oxygen atoms in total. The second kappa shape index (κ2) is 5.20. The van der Waals surface area contributed by atoms with Gasteiger partial charge in [-0.05, 0) is 12.1 Å². The molecular formula is C13H13ClFN5. The Bertz CT molecular complexity index is 748. The molecule has 3 rings (SSSR count). The fourth-order valence-corrected chi connectivity index (χ4v) is 2.38. The predicted molar refractivity (Wildman–Crippen MR) is 74.2 cm³/mol. The van der Waals surface area contributed by atoms with Gasteiger partial charge in [0, 0.05) is 19.3 Å². The summed E-state index contributed by atoms with van der Waals surface area (Å²) in [6.45, 7) is 0.451. The number of nitrogens with zero attached hydrogens (tertiary/aromatic N) is 5. The molecule has 0 aliphatic carbocycles. The fourth-order valence-electron chi connectivity index (χ4n) is 2.21. The van der Waals surface area contributed by atoms with Crippen LogP contribution < -0.4 is 0 Å². The van der Waals surface area contributed by atoms with Gasteiger partial charge in [0.2, 0.25) is 0 Å². The summed E-state index contributed by atoms with van der Waals surface area (Å²) in [5.41, 5.74) is 1.10. The maximum absolute atomic E-state index is 13.8. The molecule has 0 amide bonds. The number of hydrogen-bond donors (Lipinski definition) is 0. The van der Waals surface area contributed by atoms with Crippen LogP contribution in [-0.2, 0) is 20.0 Å². The van der Waals surface area contributed by atoms with Gasteiger partial charge in [-0.25, -0.2) is 14.4 Å². The highest BCUT2D eigenvalue weighted by Gasteiger charge is 2.14. The minimum absolute atomic E-state index is 0.328. The highest BCUT2D eigenvalue weighted by Crippen LogP contribution is 2.20. The van der Waals surface area contributed by atoms with Gasteiger partial charge >= 0.3 is 0 Å². The van der Waals surface area contributed by atoms with Crippen molar-refractivity contribution in [2.24, 2.45) is 7.05 Å². The standard InChI is InChI=1S/C13H13ClFN5/c1-19-8-16-11(18-19)7-20-10-4-2-3-9(15)13(10)17-12(20)5-6-14/h2-4,8H,5-7H2,1H3. The third-order valence-corrected chi connectivity index (χ3v) is 3.26. The Morgan fingerprint density at radius 3 is 2.90 bits per heavy atom. The zero-order valence-electron chi connectivity index (χ0n) is 10.9. The van der Waals surface area contributed by atoms with E-state index in [1.165, 1.54) is 6.07 Å². The zero-order chi connectivity index (χ0) is 14.1. The van der Waals surface area contributed by atoms with E-state index in [0.717, 1.165) is 11.3 Å². The van der Waals surface area contributed by atoms with Crippen molar-refractivity contribution in [1.82, 2.24) is 24.3 Å². The molecule has 0 atom stereocenters. The number of benzene rings is 1. The van der Waals surface area contributed by atoms with Gasteiger partial charge in [0.1, 0.15) is 17.7 Å². The van der Waals surface area contributed by atoms with Gasteiger partial charge < -0.3 is 4.57 Å². The van der Waals surface area contributed by atoms with Crippen LogP contribution in [0.2, 0.25) is 0 Å². The normalized spacial score (nSPS) is 11.3. The van der Waals surface area contributed by atoms with E-state index >= 15 is 0 Å². The number of imidazole rings is 1. The molecule has 0 saturated heterocycles. The maximum atomic E-state index is 13.8. The summed E-state index contributed by atoms with van der Waals surface area (Å²) in [5, 5.41) is 4.25. The molecule has 0 bridgehead atoms.